The molecule has 0 radical (unpaired) electrons. The zero-order valence-corrected chi connectivity index (χ0v) is 17.1. The van der Waals surface area contributed by atoms with Gasteiger partial charge in [0, 0.05) is 11.6 Å². The predicted octanol–water partition coefficient (Wildman–Crippen LogP) is 5.28. The Labute approximate surface area is 177 Å². The van der Waals surface area contributed by atoms with E-state index in [1.54, 1.807) is 36.5 Å². The quantitative estimate of drug-likeness (QED) is 0.488. The zero-order valence-electron chi connectivity index (χ0n) is 16.3. The monoisotopic (exact) mass is 419 g/mol. The van der Waals surface area contributed by atoms with Crippen LogP contribution in [0.2, 0.25) is 5.02 Å². The molecule has 1 N–H and O–H groups in total. The van der Waals surface area contributed by atoms with Crippen LogP contribution in [0.25, 0.3) is 11.0 Å². The van der Waals surface area contributed by atoms with Gasteiger partial charge in [0.25, 0.3) is 5.91 Å². The van der Waals surface area contributed by atoms with Gasteiger partial charge in [0.1, 0.15) is 22.7 Å². The Hall–Kier alpha value is -3.64. The first kappa shape index (κ1) is 19.7. The van der Waals surface area contributed by atoms with Crippen molar-refractivity contribution in [2.75, 3.05) is 12.4 Å². The molecule has 0 aliphatic carbocycles. The number of anilines is 1. The first-order chi connectivity index (χ1) is 14.5. The standard InChI is InChI=1S/C23H18ClN3O3/c1-14-7-10-21(25-13-14)27-22(28)17-11-15-5-3-4-6-19(15)30-23(17)26-16-8-9-20(29-2)18(24)12-16/h3-13H,1-2H3,(H,25,27,28). The number of carbonyl (C=O) groups excluding carboxylic acids is 1. The topological polar surface area (TPSA) is 76.7 Å². The van der Waals surface area contributed by atoms with Crippen LogP contribution in [0, 0.1) is 6.92 Å². The van der Waals surface area contributed by atoms with Crippen LogP contribution in [-0.4, -0.2) is 18.0 Å². The molecule has 150 valence electrons. The minimum atomic E-state index is -0.376. The number of hydrogen-bond acceptors (Lipinski definition) is 5. The molecule has 2 heterocycles. The van der Waals surface area contributed by atoms with Gasteiger partial charge >= 0.3 is 0 Å². The molecule has 2 aromatic heterocycles. The highest BCUT2D eigenvalue weighted by Gasteiger charge is 2.14. The second-order valence-corrected chi connectivity index (χ2v) is 7.02. The number of benzene rings is 2. The minimum absolute atomic E-state index is 0.166. The summed E-state index contributed by atoms with van der Waals surface area (Å²) in [7, 11) is 1.54. The van der Waals surface area contributed by atoms with E-state index in [-0.39, 0.29) is 17.0 Å². The number of hydrogen-bond donors (Lipinski definition) is 1. The largest absolute Gasteiger partial charge is 0.495 e. The molecular weight excluding hydrogens is 402 g/mol. The summed E-state index contributed by atoms with van der Waals surface area (Å²) in [6, 6.07) is 17.9. The lowest BCUT2D eigenvalue weighted by atomic mass is 10.1. The third kappa shape index (κ3) is 4.18. The normalized spacial score (nSPS) is 11.5. The van der Waals surface area contributed by atoms with E-state index in [9.17, 15) is 4.79 Å². The highest BCUT2D eigenvalue weighted by atomic mass is 35.5. The van der Waals surface area contributed by atoms with Gasteiger partial charge in [-0.25, -0.2) is 9.98 Å². The minimum Gasteiger partial charge on any atom is -0.495 e. The Kier molecular flexibility index (Phi) is 5.50. The highest BCUT2D eigenvalue weighted by Crippen LogP contribution is 2.28. The van der Waals surface area contributed by atoms with Gasteiger partial charge in [-0.1, -0.05) is 35.9 Å². The summed E-state index contributed by atoms with van der Waals surface area (Å²) >= 11 is 6.21. The first-order valence-electron chi connectivity index (χ1n) is 9.18. The fourth-order valence-electron chi connectivity index (χ4n) is 2.88. The fourth-order valence-corrected chi connectivity index (χ4v) is 3.13. The summed E-state index contributed by atoms with van der Waals surface area (Å²) in [5.41, 5.74) is 2.59. The zero-order chi connectivity index (χ0) is 21.1. The van der Waals surface area contributed by atoms with Crippen molar-refractivity contribution in [3.63, 3.8) is 0 Å². The number of carbonyl (C=O) groups is 1. The van der Waals surface area contributed by atoms with Crippen LogP contribution >= 0.6 is 11.6 Å². The third-order valence-electron chi connectivity index (χ3n) is 4.42. The van der Waals surface area contributed by atoms with Crippen molar-refractivity contribution in [3.05, 3.63) is 88.6 Å². The van der Waals surface area contributed by atoms with E-state index in [0.717, 1.165) is 10.9 Å². The Balaban J connectivity index is 1.82. The smallest absolute Gasteiger partial charge is 0.262 e. The van der Waals surface area contributed by atoms with Crippen LogP contribution in [-0.2, 0) is 0 Å². The van der Waals surface area contributed by atoms with Crippen molar-refractivity contribution >= 4 is 40.0 Å². The highest BCUT2D eigenvalue weighted by molar-refractivity contribution is 6.32. The van der Waals surface area contributed by atoms with Gasteiger partial charge in [0.05, 0.1) is 17.8 Å². The number of ether oxygens (including phenoxy) is 1. The van der Waals surface area contributed by atoms with E-state index >= 15 is 0 Å². The Morgan fingerprint density at radius 2 is 1.97 bits per heavy atom. The van der Waals surface area contributed by atoms with Crippen LogP contribution < -0.4 is 15.6 Å². The molecule has 0 aliphatic heterocycles. The maximum absolute atomic E-state index is 13.0. The number of methoxy groups -OCH3 is 1. The second kappa shape index (κ2) is 8.39. The number of rotatable bonds is 4. The average Bonchev–Trinajstić information content (AvgIpc) is 2.75. The summed E-state index contributed by atoms with van der Waals surface area (Å²) in [6.45, 7) is 1.93. The molecule has 1 amide bonds. The number of aryl methyl sites for hydroxylation is 1. The molecular formula is C23H18ClN3O3. The van der Waals surface area contributed by atoms with Crippen molar-refractivity contribution in [2.24, 2.45) is 4.99 Å². The number of aromatic nitrogens is 1. The maximum Gasteiger partial charge on any atom is 0.262 e. The van der Waals surface area contributed by atoms with E-state index in [1.165, 1.54) is 7.11 Å². The number of halogens is 1. The number of nitrogens with one attached hydrogen (secondary N) is 1. The van der Waals surface area contributed by atoms with Gasteiger partial charge in [-0.3, -0.25) is 4.79 Å². The van der Waals surface area contributed by atoms with Crippen LogP contribution in [0.4, 0.5) is 11.5 Å². The van der Waals surface area contributed by atoms with Gasteiger partial charge in [-0.15, -0.1) is 0 Å². The molecule has 4 rings (SSSR count). The number of nitrogens with zero attached hydrogens (tertiary/aromatic N) is 2. The SMILES string of the molecule is COc1ccc(N=c2oc3ccccc3cc2C(=O)Nc2ccc(C)cn2)cc1Cl. The van der Waals surface area contributed by atoms with Crippen LogP contribution in [0.15, 0.2) is 76.3 Å². The molecule has 4 aromatic rings. The van der Waals surface area contributed by atoms with Crippen molar-refractivity contribution < 1.29 is 13.9 Å². The van der Waals surface area contributed by atoms with Crippen LogP contribution in [0.3, 0.4) is 0 Å². The lowest BCUT2D eigenvalue weighted by molar-refractivity contribution is 0.102. The van der Waals surface area contributed by atoms with Crippen LogP contribution in [0.5, 0.6) is 5.75 Å². The molecule has 6 nitrogen and oxygen atoms in total. The fraction of sp³-hybridized carbons (Fsp3) is 0.0870. The summed E-state index contributed by atoms with van der Waals surface area (Å²) in [6.07, 6.45) is 1.69. The molecule has 2 aromatic carbocycles. The lowest BCUT2D eigenvalue weighted by Crippen LogP contribution is -2.22. The molecule has 7 heteroatoms. The van der Waals surface area contributed by atoms with Crippen LogP contribution in [0.1, 0.15) is 15.9 Å². The van der Waals surface area contributed by atoms with Crippen molar-refractivity contribution in [1.29, 1.82) is 0 Å². The van der Waals surface area contributed by atoms with E-state index in [0.29, 0.717) is 27.9 Å². The van der Waals surface area contributed by atoms with Crippen molar-refractivity contribution in [2.45, 2.75) is 6.92 Å². The number of para-hydroxylation sites is 1. The summed E-state index contributed by atoms with van der Waals surface area (Å²) in [5, 5.41) is 3.98. The summed E-state index contributed by atoms with van der Waals surface area (Å²) in [5.74, 6) is 0.603. The summed E-state index contributed by atoms with van der Waals surface area (Å²) < 4.78 is 11.1. The number of fused-ring (bicyclic) bond motifs is 1. The Morgan fingerprint density at radius 1 is 1.13 bits per heavy atom. The third-order valence-corrected chi connectivity index (χ3v) is 4.71. The maximum atomic E-state index is 13.0. The Bertz CT molecular complexity index is 1300. The molecule has 0 saturated carbocycles. The lowest BCUT2D eigenvalue weighted by Gasteiger charge is -2.07. The summed E-state index contributed by atoms with van der Waals surface area (Å²) in [4.78, 5) is 21.7. The van der Waals surface area contributed by atoms with Crippen molar-refractivity contribution in [1.82, 2.24) is 4.98 Å². The molecule has 0 aliphatic rings. The van der Waals surface area contributed by atoms with E-state index in [1.807, 2.05) is 37.3 Å². The van der Waals surface area contributed by atoms with Gasteiger partial charge in [0.15, 0.2) is 0 Å². The number of pyridine rings is 1. The Morgan fingerprint density at radius 3 is 2.70 bits per heavy atom. The molecule has 0 bridgehead atoms. The van der Waals surface area contributed by atoms with E-state index in [2.05, 4.69) is 15.3 Å². The molecule has 0 fully saturated rings. The van der Waals surface area contributed by atoms with Gasteiger partial charge in [-0.05, 0) is 48.9 Å². The second-order valence-electron chi connectivity index (χ2n) is 6.61. The van der Waals surface area contributed by atoms with Gasteiger partial charge in [-0.2, -0.15) is 0 Å². The molecule has 30 heavy (non-hydrogen) atoms. The molecule has 0 unspecified atom stereocenters. The van der Waals surface area contributed by atoms with Gasteiger partial charge < -0.3 is 14.5 Å². The van der Waals surface area contributed by atoms with E-state index in [4.69, 9.17) is 20.8 Å². The predicted molar refractivity (Wildman–Crippen MR) is 116 cm³/mol. The average molecular weight is 420 g/mol. The molecule has 0 saturated heterocycles. The first-order valence-corrected chi connectivity index (χ1v) is 9.56. The van der Waals surface area contributed by atoms with Crippen molar-refractivity contribution in [3.8, 4) is 5.75 Å². The van der Waals surface area contributed by atoms with E-state index < -0.39 is 0 Å². The molecule has 0 spiro atoms. The van der Waals surface area contributed by atoms with Gasteiger partial charge in [0.2, 0.25) is 5.55 Å². The number of amides is 1. The molecule has 0 atom stereocenters.